The van der Waals surface area contributed by atoms with Crippen molar-refractivity contribution in [3.8, 4) is 0 Å². The Labute approximate surface area is 242 Å². The average Bonchev–Trinajstić information content (AvgIpc) is 2.63. The Morgan fingerprint density at radius 1 is 0.658 bits per heavy atom. The molecule has 0 aromatic carbocycles. The van der Waals surface area contributed by atoms with Crippen LogP contribution in [0.15, 0.2) is 0 Å². The van der Waals surface area contributed by atoms with E-state index < -0.39 is 48.4 Å². The van der Waals surface area contributed by atoms with Crippen molar-refractivity contribution in [2.75, 3.05) is 32.7 Å². The van der Waals surface area contributed by atoms with E-state index in [1.807, 2.05) is 6.55 Å². The lowest BCUT2D eigenvalue weighted by Gasteiger charge is -2.44. The van der Waals surface area contributed by atoms with Crippen molar-refractivity contribution >= 4 is 42.3 Å². The van der Waals surface area contributed by atoms with Gasteiger partial charge in [0.25, 0.3) is 0 Å². The number of hydrogen-bond acceptors (Lipinski definition) is 8. The summed E-state index contributed by atoms with van der Waals surface area (Å²) in [4.78, 5) is 0. The van der Waals surface area contributed by atoms with Crippen LogP contribution in [-0.4, -0.2) is 91.3 Å². The van der Waals surface area contributed by atoms with Crippen molar-refractivity contribution in [1.82, 2.24) is 0 Å². The first kappa shape index (κ1) is 43.2. The summed E-state index contributed by atoms with van der Waals surface area (Å²) in [5, 5.41) is 19.4. The van der Waals surface area contributed by atoms with Crippen LogP contribution in [0.1, 0.15) is 53.9 Å². The lowest BCUT2D eigenvalue weighted by Crippen LogP contribution is -2.62. The molecule has 8 nitrogen and oxygen atoms in total. The van der Waals surface area contributed by atoms with Gasteiger partial charge >= 0.3 is 25.7 Å². The molecule has 0 amide bonds. The van der Waals surface area contributed by atoms with E-state index in [0.29, 0.717) is 19.4 Å². The monoisotopic (exact) mass is 634 g/mol. The largest absolute Gasteiger partial charge is 0.437 e. The highest BCUT2D eigenvalue weighted by molar-refractivity contribution is 6.90. The first-order valence-electron chi connectivity index (χ1n) is 13.6. The molecule has 0 aliphatic carbocycles. The Bertz CT molecular complexity index is 589. The van der Waals surface area contributed by atoms with Gasteiger partial charge in [0.2, 0.25) is 0 Å². The van der Waals surface area contributed by atoms with Crippen LogP contribution in [0, 0.1) is 0 Å². The molecule has 38 heavy (non-hydrogen) atoms. The van der Waals surface area contributed by atoms with Crippen molar-refractivity contribution in [2.24, 2.45) is 0 Å². The lowest BCUT2D eigenvalue weighted by atomic mass is 10.1. The van der Waals surface area contributed by atoms with Crippen LogP contribution in [0.2, 0.25) is 71.5 Å². The SMILES string of the molecule is C.C.CCCCCC(O)COCCC[Si](C)(O[Si](C)(C)C)O[Si](C)(COCCO)O[Si](C)(C)O[Si](C)(C)C. The minimum absolute atomic E-state index is 0. The fourth-order valence-electron chi connectivity index (χ4n) is 4.34. The molecule has 234 valence electrons. The first-order valence-corrected chi connectivity index (χ1v) is 28.3. The van der Waals surface area contributed by atoms with Gasteiger partial charge in [0.1, 0.15) is 0 Å². The van der Waals surface area contributed by atoms with Crippen LogP contribution in [0.4, 0.5) is 0 Å². The van der Waals surface area contributed by atoms with Gasteiger partial charge in [0.15, 0.2) is 16.6 Å². The van der Waals surface area contributed by atoms with Crippen LogP contribution in [0.3, 0.4) is 0 Å². The van der Waals surface area contributed by atoms with E-state index in [0.717, 1.165) is 38.1 Å². The van der Waals surface area contributed by atoms with Gasteiger partial charge in [-0.1, -0.05) is 41.0 Å². The normalized spacial score (nSPS) is 16.7. The molecule has 0 aromatic heterocycles. The van der Waals surface area contributed by atoms with Crippen molar-refractivity contribution < 1.29 is 36.1 Å². The minimum atomic E-state index is -2.86. The minimum Gasteiger partial charge on any atom is -0.437 e. The summed E-state index contributed by atoms with van der Waals surface area (Å²) in [5.41, 5.74) is 0. The molecule has 0 rings (SSSR count). The summed E-state index contributed by atoms with van der Waals surface area (Å²) in [5.74, 6) is 0. The van der Waals surface area contributed by atoms with Gasteiger partial charge in [0.05, 0.1) is 32.2 Å². The van der Waals surface area contributed by atoms with Crippen LogP contribution >= 0.6 is 0 Å². The second kappa shape index (κ2) is 19.8. The zero-order valence-corrected chi connectivity index (χ0v) is 30.2. The van der Waals surface area contributed by atoms with Crippen molar-refractivity contribution in [1.29, 1.82) is 0 Å². The highest BCUT2D eigenvalue weighted by atomic mass is 28.5. The molecule has 0 bridgehead atoms. The van der Waals surface area contributed by atoms with Crippen molar-refractivity contribution in [3.63, 3.8) is 0 Å². The second-order valence-electron chi connectivity index (χ2n) is 12.4. The summed E-state index contributed by atoms with van der Waals surface area (Å²) in [6.45, 7) is 24.6. The molecule has 0 aliphatic heterocycles. The van der Waals surface area contributed by atoms with Gasteiger partial charge in [-0.25, -0.2) is 0 Å². The van der Waals surface area contributed by atoms with Gasteiger partial charge in [-0.3, -0.25) is 0 Å². The van der Waals surface area contributed by atoms with Crippen LogP contribution in [-0.2, 0) is 25.9 Å². The van der Waals surface area contributed by atoms with E-state index in [2.05, 4.69) is 65.8 Å². The first-order chi connectivity index (χ1) is 16.3. The fourth-order valence-corrected chi connectivity index (χ4v) is 27.4. The maximum atomic E-state index is 10.1. The van der Waals surface area contributed by atoms with Crippen molar-refractivity contribution in [2.45, 2.75) is 131 Å². The van der Waals surface area contributed by atoms with E-state index >= 15 is 0 Å². The molecule has 0 radical (unpaired) electrons. The Morgan fingerprint density at radius 2 is 1.24 bits per heavy atom. The number of ether oxygens (including phenoxy) is 2. The Balaban J connectivity index is -0.00000612. The molecule has 13 heteroatoms. The topological polar surface area (TPSA) is 95.8 Å². The predicted octanol–water partition coefficient (Wildman–Crippen LogP) is 6.74. The van der Waals surface area contributed by atoms with E-state index in [9.17, 15) is 10.2 Å². The molecular formula is C25H66O8Si5. The Kier molecular flexibility index (Phi) is 22.5. The summed E-state index contributed by atoms with van der Waals surface area (Å²) >= 11 is 0. The predicted molar refractivity (Wildman–Crippen MR) is 174 cm³/mol. The molecule has 0 fully saturated rings. The summed E-state index contributed by atoms with van der Waals surface area (Å²) in [7, 11) is -11.7. The molecule has 0 saturated carbocycles. The standard InChI is InChI=1S/C23H58O8Si5.2CH4/c1-12-13-14-16-23(25)21-26-18-15-20-35(10,29-33(5,6)7)31-36(11,22-27-19-17-24)30-34(8,9)28-32(2,3)4;;/h23-25H,12-22H2,1-11H3;2*1H4. The summed E-state index contributed by atoms with van der Waals surface area (Å²) < 4.78 is 38.4. The molecule has 0 saturated heterocycles. The maximum absolute atomic E-state index is 10.1. The van der Waals surface area contributed by atoms with Crippen LogP contribution in [0.5, 0.6) is 0 Å². The number of aliphatic hydroxyl groups excluding tert-OH is 2. The van der Waals surface area contributed by atoms with Gasteiger partial charge in [-0.2, -0.15) is 0 Å². The quantitative estimate of drug-likeness (QED) is 0.0999. The number of unbranched alkanes of at least 4 members (excludes halogenated alkanes) is 2. The van der Waals surface area contributed by atoms with Crippen LogP contribution < -0.4 is 0 Å². The Hall–Kier alpha value is 0.764. The molecule has 0 aliphatic rings. The fraction of sp³-hybridized carbons (Fsp3) is 1.00. The molecular weight excluding hydrogens is 569 g/mol. The van der Waals surface area contributed by atoms with Gasteiger partial charge in [-0.05, 0) is 84.4 Å². The van der Waals surface area contributed by atoms with Gasteiger partial charge < -0.3 is 36.1 Å². The van der Waals surface area contributed by atoms with Crippen molar-refractivity contribution in [3.05, 3.63) is 0 Å². The summed E-state index contributed by atoms with van der Waals surface area (Å²) in [6.07, 6.45) is 4.82. The highest BCUT2D eigenvalue weighted by Gasteiger charge is 2.49. The van der Waals surface area contributed by atoms with E-state index in [4.69, 9.17) is 25.9 Å². The molecule has 3 atom stereocenters. The smallest absolute Gasteiger partial charge is 0.344 e. The third-order valence-electron chi connectivity index (χ3n) is 4.94. The maximum Gasteiger partial charge on any atom is 0.344 e. The molecule has 0 heterocycles. The zero-order valence-electron chi connectivity index (χ0n) is 25.2. The lowest BCUT2D eigenvalue weighted by molar-refractivity contribution is 0.0312. The Morgan fingerprint density at radius 3 is 1.74 bits per heavy atom. The third kappa shape index (κ3) is 23.5. The van der Waals surface area contributed by atoms with E-state index in [1.54, 1.807) is 0 Å². The average molecular weight is 635 g/mol. The summed E-state index contributed by atoms with van der Waals surface area (Å²) in [6, 6.07) is 0.770. The van der Waals surface area contributed by atoms with Gasteiger partial charge in [0, 0.05) is 6.61 Å². The highest BCUT2D eigenvalue weighted by Crippen LogP contribution is 2.29. The molecule has 0 spiro atoms. The second-order valence-corrected chi connectivity index (χ2v) is 32.2. The van der Waals surface area contributed by atoms with Gasteiger partial charge in [-0.15, -0.1) is 0 Å². The third-order valence-corrected chi connectivity index (χ3v) is 22.7. The zero-order chi connectivity index (χ0) is 28.1. The van der Waals surface area contributed by atoms with Crippen LogP contribution in [0.25, 0.3) is 0 Å². The van der Waals surface area contributed by atoms with E-state index in [1.165, 1.54) is 0 Å². The number of rotatable bonds is 22. The molecule has 2 N–H and O–H groups in total. The molecule has 3 unspecified atom stereocenters. The molecule has 0 aromatic rings. The number of hydrogen-bond donors (Lipinski definition) is 2. The van der Waals surface area contributed by atoms with E-state index in [-0.39, 0.29) is 28.1 Å². The number of aliphatic hydroxyl groups is 2.